The lowest BCUT2D eigenvalue weighted by Crippen LogP contribution is -2.71. The zero-order valence-electron chi connectivity index (χ0n) is 50.8. The summed E-state index contributed by atoms with van der Waals surface area (Å²) >= 11 is 0. The van der Waals surface area contributed by atoms with Crippen molar-refractivity contribution < 1.29 is 234 Å². The molecule has 6 fully saturated rings. The van der Waals surface area contributed by atoms with Gasteiger partial charge in [-0.25, -0.2) is 23.1 Å². The largest absolute Gasteiger partial charge is 0.481 e. The van der Waals surface area contributed by atoms with Crippen LogP contribution >= 0.6 is 31.3 Å². The molecule has 0 amide bonds. The van der Waals surface area contributed by atoms with Gasteiger partial charge in [-0.2, -0.15) is 4.31 Å². The van der Waals surface area contributed by atoms with E-state index in [1.165, 1.54) is 0 Å². The minimum Gasteiger partial charge on any atom is -0.477 e. The molecule has 0 aromatic heterocycles. The third kappa shape index (κ3) is 21.5. The van der Waals surface area contributed by atoms with Crippen LogP contribution in [0.4, 0.5) is 0 Å². The third-order valence-electron chi connectivity index (χ3n) is 15.7. The summed E-state index contributed by atoms with van der Waals surface area (Å²) < 4.78 is 143. The van der Waals surface area contributed by atoms with E-state index in [4.69, 9.17) is 77.1 Å². The molecule has 6 unspecified atom stereocenters. The van der Waals surface area contributed by atoms with Gasteiger partial charge in [0.25, 0.3) is 5.79 Å². The van der Waals surface area contributed by atoms with Gasteiger partial charge in [0.15, 0.2) is 31.5 Å². The van der Waals surface area contributed by atoms with Gasteiger partial charge in [-0.15, -0.1) is 0 Å². The number of rotatable bonds is 35. The quantitative estimate of drug-likeness (QED) is 0.0262. The summed E-state index contributed by atoms with van der Waals surface area (Å²) in [6, 6.07) is 0. The van der Waals surface area contributed by atoms with Gasteiger partial charge in [-0.1, -0.05) is 0 Å². The number of aliphatic hydroxyl groups excluding tert-OH is 19. The van der Waals surface area contributed by atoms with Crippen LogP contribution in [0.1, 0.15) is 6.42 Å². The van der Waals surface area contributed by atoms with Crippen molar-refractivity contribution >= 4 is 37.3 Å². The highest BCUT2D eigenvalue weighted by Gasteiger charge is 2.63. The predicted molar refractivity (Wildman–Crippen MR) is 298 cm³/mol. The summed E-state index contributed by atoms with van der Waals surface area (Å²) in [5.41, 5.74) is 10.6. The van der Waals surface area contributed by atoms with Crippen molar-refractivity contribution in [3.63, 3.8) is 0 Å². The minimum atomic E-state index is -6.32. The van der Waals surface area contributed by atoms with E-state index in [9.17, 15) is 155 Å². The van der Waals surface area contributed by atoms with Gasteiger partial charge in [0.05, 0.1) is 52.9 Å². The van der Waals surface area contributed by atoms with Gasteiger partial charge in [-0.3, -0.25) is 22.6 Å². The van der Waals surface area contributed by atoms with Crippen LogP contribution in [0, 0.1) is 0 Å². The first kappa shape index (κ1) is 86.5. The molecule has 50 nitrogen and oxygen atoms in total. The maximum atomic E-state index is 13.6. The summed E-state index contributed by atoms with van der Waals surface area (Å²) in [6.07, 6.45) is -83.4. The monoisotopic (exact) mass is 1540 g/mol. The number of phosphoric acid groups is 4. The first-order chi connectivity index (χ1) is 46.1. The molecule has 6 rings (SSSR count). The normalized spacial score (nSPS) is 43.4. The highest BCUT2D eigenvalue weighted by atomic mass is 31.3. The molecule has 30 N–H and O–H groups in total. The summed E-state index contributed by atoms with van der Waals surface area (Å²) in [5.74, 6) is -6.14. The van der Waals surface area contributed by atoms with E-state index < -0.39 is 312 Å². The van der Waals surface area contributed by atoms with E-state index in [2.05, 4.69) is 13.4 Å². The molecular formula is C45H84N2O48P4. The number of phosphoric ester groups is 4. The van der Waals surface area contributed by atoms with Crippen molar-refractivity contribution in [1.29, 1.82) is 0 Å². The number of carboxylic acid groups (broad SMARTS) is 1. The third-order valence-corrected chi connectivity index (χ3v) is 19.9. The lowest BCUT2D eigenvalue weighted by atomic mass is 9.91. The van der Waals surface area contributed by atoms with Crippen LogP contribution in [0.2, 0.25) is 0 Å². The van der Waals surface area contributed by atoms with E-state index in [0.29, 0.717) is 0 Å². The van der Waals surface area contributed by atoms with E-state index >= 15 is 0 Å². The summed E-state index contributed by atoms with van der Waals surface area (Å²) in [6.45, 7) is -11.1. The van der Waals surface area contributed by atoms with Gasteiger partial charge >= 0.3 is 37.3 Å². The second-order valence-electron chi connectivity index (χ2n) is 22.7. The van der Waals surface area contributed by atoms with Crippen molar-refractivity contribution in [1.82, 2.24) is 0 Å². The number of nitrogens with two attached hydrogens (primary N) is 2. The molecule has 6 aliphatic rings. The molecule has 0 aliphatic carbocycles. The first-order valence-corrected chi connectivity index (χ1v) is 35.3. The van der Waals surface area contributed by atoms with E-state index in [1.807, 2.05) is 0 Å². The van der Waals surface area contributed by atoms with Gasteiger partial charge in [-0.05, 0) is 0 Å². The van der Waals surface area contributed by atoms with Crippen LogP contribution in [-0.2, 0) is 102 Å². The summed E-state index contributed by atoms with van der Waals surface area (Å²) in [4.78, 5) is 63.8. The maximum absolute atomic E-state index is 13.6. The van der Waals surface area contributed by atoms with Gasteiger partial charge in [0.1, 0.15) is 165 Å². The fourth-order valence-electron chi connectivity index (χ4n) is 10.8. The Morgan fingerprint density at radius 2 is 0.909 bits per heavy atom. The van der Waals surface area contributed by atoms with Crippen LogP contribution in [0.15, 0.2) is 0 Å². The molecule has 6 aliphatic heterocycles. The molecule has 0 bridgehead atoms. The van der Waals surface area contributed by atoms with Crippen molar-refractivity contribution in [3.8, 4) is 0 Å². The lowest BCUT2D eigenvalue weighted by molar-refractivity contribution is -0.416. The standard InChI is InChI=1S/C45H84N2O48P4/c46-1-3-79-97(73,74)94-17(10-52)33-23(60)24(61)37(90-41-27(64)21(58)22(59)30(84-41)12(53)6-48)43(87-33)89-36-29(66)42(88-35-15(93-99(77,78)95-98(75,76)80-4-2-47)5-45(69,44(67)68)92-32(35)14(55)8-50)85-31(13(54)7-49)38(36)91-40-28(65)25(62)34(18(83-40)11-81-96(70,71)72)86-39-26(63)20(57)19(56)16(9-51)82-39/h12-43,48-66,69H,1-11,46-47H2,(H,67,68)(H,73,74)(H,75,76)(H,77,78)(H2,70,71,72)/t12-,13-,14+,15+,16+,17-,18+,19+,20-,21-,22-,23-,24-,25+,26+,27-,28+,29-,30+,31+,32+,33+,34+,35+,36+,37-,38+,39-,40-,41?,42?,43?,45+/m0/s1. The molecule has 99 heavy (non-hydrogen) atoms. The molecule has 54 heteroatoms. The van der Waals surface area contributed by atoms with E-state index in [0.717, 1.165) is 0 Å². The Kier molecular flexibility index (Phi) is 31.9. The fraction of sp³-hybridized carbons (Fsp3) is 0.978. The van der Waals surface area contributed by atoms with Gasteiger partial charge < -0.3 is 195 Å². The number of aliphatic carboxylic acids is 1. The summed E-state index contributed by atoms with van der Waals surface area (Å²) in [5, 5.41) is 231. The topological polar surface area (TPSA) is 820 Å². The molecule has 0 aromatic carbocycles. The van der Waals surface area contributed by atoms with E-state index in [-0.39, 0.29) is 0 Å². The Hall–Kier alpha value is -1.37. The Morgan fingerprint density at radius 3 is 1.45 bits per heavy atom. The van der Waals surface area contributed by atoms with Crippen LogP contribution in [0.5, 0.6) is 0 Å². The molecular weight excluding hydrogens is 1460 g/mol. The van der Waals surface area contributed by atoms with Crippen LogP contribution in [0.3, 0.4) is 0 Å². The number of aliphatic hydroxyl groups is 20. The molecule has 0 spiro atoms. The smallest absolute Gasteiger partial charge is 0.477 e. The summed E-state index contributed by atoms with van der Waals surface area (Å²) in [7, 11) is -23.2. The van der Waals surface area contributed by atoms with Crippen molar-refractivity contribution in [2.75, 3.05) is 65.9 Å². The maximum Gasteiger partial charge on any atom is 0.481 e. The molecule has 6 saturated heterocycles. The van der Waals surface area contributed by atoms with Crippen molar-refractivity contribution in [2.24, 2.45) is 11.5 Å². The Balaban J connectivity index is 1.56. The number of hydrogen-bond donors (Lipinski definition) is 28. The highest BCUT2D eigenvalue weighted by molar-refractivity contribution is 7.61. The van der Waals surface area contributed by atoms with E-state index in [1.54, 1.807) is 0 Å². The van der Waals surface area contributed by atoms with Crippen molar-refractivity contribution in [2.45, 2.75) is 208 Å². The molecule has 582 valence electrons. The second kappa shape index (κ2) is 36.5. The molecule has 6 heterocycles. The zero-order chi connectivity index (χ0) is 74.4. The van der Waals surface area contributed by atoms with Gasteiger partial charge in [0.2, 0.25) is 0 Å². The number of carbonyl (C=O) groups is 1. The fourth-order valence-corrected chi connectivity index (χ4v) is 14.3. The average Bonchev–Trinajstić information content (AvgIpc) is 0.759. The SMILES string of the molecule is NCCOP(=O)(O)O[C@@H](CO)[C@H]1OC(O[C@H]2[C@H](O[C@@H]3O[C@H](COP(=O)(O)O)[C@@H](O[C@@H]4O[C@H](CO)[C@@H](O)[C@H](O)[C@H]4O)[C@H](O)[C@H]3O)[C@@H]([C@@H](O)CO)OC(O[C@H]3[C@@H]([C@H](O)CO)O[C@@](O)(C(=O)O)C[C@H]3OP(=O)(O)OP(=O)(O)OCCN)[C@H]2O)[C@@H](OC2O[C@H]([C@@H](O)CO)[C@@H](O)[C@H](O)[C@@H]2O)[C@@H](O)[C@@H]1O. The second-order valence-corrected chi connectivity index (χ2v) is 28.3. The minimum absolute atomic E-state index is 0.457. The molecule has 0 aromatic rings. The van der Waals surface area contributed by atoms with Crippen LogP contribution in [-0.4, -0.2) is 406 Å². The predicted octanol–water partition coefficient (Wildman–Crippen LogP) is -15.7. The Morgan fingerprint density at radius 1 is 0.465 bits per heavy atom. The number of ether oxygens (including phenoxy) is 11. The number of hydrogen-bond acceptors (Lipinski definition) is 44. The van der Waals surface area contributed by atoms with Crippen LogP contribution < -0.4 is 11.5 Å². The average molecular weight is 1550 g/mol. The van der Waals surface area contributed by atoms with Gasteiger partial charge in [0, 0.05) is 19.5 Å². The highest BCUT2D eigenvalue weighted by Crippen LogP contribution is 2.62. The zero-order valence-corrected chi connectivity index (χ0v) is 54.4. The van der Waals surface area contributed by atoms with Crippen molar-refractivity contribution in [3.05, 3.63) is 0 Å². The Labute approximate surface area is 555 Å². The molecule has 0 radical (unpaired) electrons. The Bertz CT molecular complexity index is 2720. The molecule has 0 saturated carbocycles. The molecule has 36 atom stereocenters. The first-order valence-electron chi connectivity index (χ1n) is 29.3. The van der Waals surface area contributed by atoms with Crippen LogP contribution in [0.25, 0.3) is 0 Å². The number of carboxylic acids is 1. The lowest BCUT2D eigenvalue weighted by Gasteiger charge is -2.52.